The molecule has 0 saturated heterocycles. The highest BCUT2D eigenvalue weighted by atomic mass is 16.7. The number of hydroxylamine groups is 2. The number of quaternary nitrogens is 1. The molecule has 1 aliphatic rings. The van der Waals surface area contributed by atoms with Crippen LogP contribution in [-0.2, 0) is 14.4 Å². The fourth-order valence-corrected chi connectivity index (χ4v) is 2.48. The lowest BCUT2D eigenvalue weighted by atomic mass is 9.96. The minimum atomic E-state index is -0.272. The Hall–Kier alpha value is -1.65. The quantitative estimate of drug-likeness (QED) is 0.620. The van der Waals surface area contributed by atoms with Crippen molar-refractivity contribution in [3.05, 3.63) is 35.4 Å². The Morgan fingerprint density at radius 2 is 2.05 bits per heavy atom. The highest BCUT2D eigenvalue weighted by Crippen LogP contribution is 2.37. The van der Waals surface area contributed by atoms with Crippen LogP contribution in [0, 0.1) is 0 Å². The zero-order valence-electron chi connectivity index (χ0n) is 11.8. The minimum absolute atomic E-state index is 0.112. The van der Waals surface area contributed by atoms with Gasteiger partial charge in [0, 0.05) is 11.6 Å². The largest absolute Gasteiger partial charge is 0.462 e. The van der Waals surface area contributed by atoms with E-state index in [1.807, 2.05) is 51.2 Å². The maximum absolute atomic E-state index is 12.1. The number of carbonyl (C=O) groups excluding carboxylic acids is 1. The van der Waals surface area contributed by atoms with E-state index < -0.39 is 0 Å². The van der Waals surface area contributed by atoms with E-state index in [0.29, 0.717) is 12.2 Å². The average molecular weight is 262 g/mol. The van der Waals surface area contributed by atoms with E-state index in [4.69, 9.17) is 9.57 Å². The smallest absolute Gasteiger partial charge is 0.340 e. The molecule has 0 aromatic heterocycles. The van der Waals surface area contributed by atoms with Crippen LogP contribution < -0.4 is 4.65 Å². The predicted molar refractivity (Wildman–Crippen MR) is 75.2 cm³/mol. The summed E-state index contributed by atoms with van der Waals surface area (Å²) in [5.41, 5.74) is 2.68. The van der Waals surface area contributed by atoms with Gasteiger partial charge in [0.1, 0.15) is 7.05 Å². The molecule has 0 aliphatic carbocycles. The third-order valence-corrected chi connectivity index (χ3v) is 3.81. The van der Waals surface area contributed by atoms with E-state index >= 15 is 0 Å². The third kappa shape index (κ3) is 2.17. The molecule has 19 heavy (non-hydrogen) atoms. The number of fused-ring (bicyclic) bond motifs is 1. The van der Waals surface area contributed by atoms with Gasteiger partial charge in [0.2, 0.25) is 0 Å². The Morgan fingerprint density at radius 3 is 2.68 bits per heavy atom. The molecule has 0 bridgehead atoms. The van der Waals surface area contributed by atoms with Gasteiger partial charge in [-0.1, -0.05) is 12.1 Å². The summed E-state index contributed by atoms with van der Waals surface area (Å²) in [6.45, 7) is 4.16. The van der Waals surface area contributed by atoms with E-state index in [-0.39, 0.29) is 16.7 Å². The molecule has 1 aromatic rings. The minimum Gasteiger partial charge on any atom is -0.462 e. The Morgan fingerprint density at radius 1 is 1.37 bits per heavy atom. The van der Waals surface area contributed by atoms with Crippen molar-refractivity contribution < 1.29 is 14.4 Å². The summed E-state index contributed by atoms with van der Waals surface area (Å²) < 4.78 is 5.37. The van der Waals surface area contributed by atoms with E-state index in [1.165, 1.54) is 0 Å². The van der Waals surface area contributed by atoms with Crippen molar-refractivity contribution in [2.75, 3.05) is 20.8 Å². The van der Waals surface area contributed by atoms with Crippen LogP contribution >= 0.6 is 0 Å². The van der Waals surface area contributed by atoms with Crippen molar-refractivity contribution in [1.29, 1.82) is 0 Å². The summed E-state index contributed by atoms with van der Waals surface area (Å²) in [7, 11) is 3.61. The molecule has 4 heteroatoms. The van der Waals surface area contributed by atoms with Gasteiger partial charge in [-0.25, -0.2) is 9.63 Å². The maximum atomic E-state index is 12.1. The lowest BCUT2D eigenvalue weighted by Crippen LogP contribution is -2.54. The second kappa shape index (κ2) is 5.15. The molecule has 4 nitrogen and oxygen atoms in total. The second-order valence-electron chi connectivity index (χ2n) is 4.73. The third-order valence-electron chi connectivity index (χ3n) is 3.81. The molecular weight excluding hydrogens is 242 g/mol. The van der Waals surface area contributed by atoms with E-state index in [0.717, 1.165) is 11.3 Å². The Bertz CT molecular complexity index is 524. The molecule has 0 saturated carbocycles. The van der Waals surface area contributed by atoms with Crippen molar-refractivity contribution in [2.24, 2.45) is 0 Å². The first-order valence-corrected chi connectivity index (χ1v) is 6.44. The first-order valence-electron chi connectivity index (χ1n) is 6.44. The summed E-state index contributed by atoms with van der Waals surface area (Å²) in [4.78, 5) is 17.7. The second-order valence-corrected chi connectivity index (χ2v) is 4.73. The maximum Gasteiger partial charge on any atom is 0.340 e. The van der Waals surface area contributed by atoms with Crippen LogP contribution in [0.25, 0.3) is 6.08 Å². The van der Waals surface area contributed by atoms with Gasteiger partial charge in [0.25, 0.3) is 0 Å². The fourth-order valence-electron chi connectivity index (χ4n) is 2.48. The van der Waals surface area contributed by atoms with Crippen LogP contribution in [0.1, 0.15) is 19.4 Å². The molecule has 0 N–H and O–H groups in total. The SMILES string of the molecule is CCOC(=O)C1=Cc2ccccc2[N+](C)(OC)C1C. The van der Waals surface area contributed by atoms with Gasteiger partial charge in [-0.2, -0.15) is 0 Å². The Labute approximate surface area is 113 Å². The molecule has 0 fully saturated rings. The first kappa shape index (κ1) is 13.8. The molecule has 2 unspecified atom stereocenters. The monoisotopic (exact) mass is 262 g/mol. The molecular formula is C15H20NO3+. The molecule has 2 rings (SSSR count). The standard InChI is InChI=1S/C15H20NO3/c1-5-19-15(17)13-10-12-8-6-7-9-14(12)16(3,18-4)11(13)2/h6-11H,5H2,1-4H3/q+1. The van der Waals surface area contributed by atoms with Crippen LogP contribution in [-0.4, -0.2) is 32.8 Å². The van der Waals surface area contributed by atoms with Gasteiger partial charge in [0.15, 0.2) is 11.7 Å². The summed E-state index contributed by atoms with van der Waals surface area (Å²) in [5.74, 6) is -0.272. The van der Waals surface area contributed by atoms with Gasteiger partial charge in [-0.05, 0) is 26.0 Å². The first-order chi connectivity index (χ1) is 9.04. The molecule has 1 aromatic carbocycles. The van der Waals surface area contributed by atoms with Crippen molar-refractivity contribution in [3.63, 3.8) is 0 Å². The van der Waals surface area contributed by atoms with E-state index in [1.54, 1.807) is 7.11 Å². The number of hydrogen-bond acceptors (Lipinski definition) is 3. The number of likely N-dealkylation sites (N-methyl/N-ethyl adjacent to an activating group) is 1. The van der Waals surface area contributed by atoms with Crippen LogP contribution in [0.15, 0.2) is 29.8 Å². The molecule has 0 spiro atoms. The zero-order chi connectivity index (χ0) is 14.0. The van der Waals surface area contributed by atoms with Gasteiger partial charge in [-0.15, -0.1) is 4.65 Å². The van der Waals surface area contributed by atoms with E-state index in [2.05, 4.69) is 0 Å². The number of benzene rings is 1. The van der Waals surface area contributed by atoms with Crippen molar-refractivity contribution in [3.8, 4) is 0 Å². The summed E-state index contributed by atoms with van der Waals surface area (Å²) in [5, 5.41) is 0. The van der Waals surface area contributed by atoms with Crippen LogP contribution in [0.3, 0.4) is 0 Å². The van der Waals surface area contributed by atoms with E-state index in [9.17, 15) is 4.79 Å². The number of rotatable bonds is 3. The highest BCUT2D eigenvalue weighted by Gasteiger charge is 2.43. The van der Waals surface area contributed by atoms with Gasteiger partial charge in [0.05, 0.1) is 19.3 Å². The number of carbonyl (C=O) groups is 1. The molecule has 102 valence electrons. The van der Waals surface area contributed by atoms with Crippen LogP contribution in [0.2, 0.25) is 0 Å². The van der Waals surface area contributed by atoms with Crippen molar-refractivity contribution in [2.45, 2.75) is 19.9 Å². The predicted octanol–water partition coefficient (Wildman–Crippen LogP) is 2.53. The molecule has 0 radical (unpaired) electrons. The number of para-hydroxylation sites is 1. The van der Waals surface area contributed by atoms with Crippen LogP contribution in [0.4, 0.5) is 5.69 Å². The van der Waals surface area contributed by atoms with Gasteiger partial charge < -0.3 is 4.74 Å². The molecule has 1 aliphatic heterocycles. The number of esters is 1. The van der Waals surface area contributed by atoms with Crippen molar-refractivity contribution in [1.82, 2.24) is 4.65 Å². The van der Waals surface area contributed by atoms with Crippen molar-refractivity contribution >= 4 is 17.7 Å². The summed E-state index contributed by atoms with van der Waals surface area (Å²) >= 11 is 0. The summed E-state index contributed by atoms with van der Waals surface area (Å²) in [6, 6.07) is 7.82. The van der Waals surface area contributed by atoms with Gasteiger partial charge >= 0.3 is 5.97 Å². The Kier molecular flexibility index (Phi) is 3.73. The number of ether oxygens (including phenoxy) is 1. The van der Waals surface area contributed by atoms with Crippen LogP contribution in [0.5, 0.6) is 0 Å². The molecule has 0 amide bonds. The molecule has 1 heterocycles. The number of nitrogens with zero attached hydrogens (tertiary/aromatic N) is 1. The topological polar surface area (TPSA) is 35.5 Å². The Balaban J connectivity index is 2.54. The molecule has 2 atom stereocenters. The lowest BCUT2D eigenvalue weighted by Gasteiger charge is -2.39. The fraction of sp³-hybridized carbons (Fsp3) is 0.400. The highest BCUT2D eigenvalue weighted by molar-refractivity contribution is 5.97. The normalized spacial score (nSPS) is 25.5. The zero-order valence-corrected chi connectivity index (χ0v) is 11.8. The average Bonchev–Trinajstić information content (AvgIpc) is 2.43. The lowest BCUT2D eigenvalue weighted by molar-refractivity contribution is -0.145. The number of hydrogen-bond donors (Lipinski definition) is 0. The van der Waals surface area contributed by atoms with Gasteiger partial charge in [-0.3, -0.25) is 0 Å². The summed E-state index contributed by atoms with van der Waals surface area (Å²) in [6.07, 6.45) is 1.90.